The maximum atomic E-state index is 5.27. The van der Waals surface area contributed by atoms with Crippen LogP contribution < -0.4 is 0 Å². The van der Waals surface area contributed by atoms with E-state index >= 15 is 0 Å². The summed E-state index contributed by atoms with van der Waals surface area (Å²) in [5, 5.41) is 20.0. The van der Waals surface area contributed by atoms with Crippen LogP contribution >= 0.6 is 0 Å². The molecule has 6 aromatic heterocycles. The lowest BCUT2D eigenvalue weighted by atomic mass is 9.88. The number of hydrogen-bond donors (Lipinski definition) is 0. The van der Waals surface area contributed by atoms with Gasteiger partial charge in [0.05, 0.1) is 55.5 Å². The number of nitrogens with zero attached hydrogens (tertiary/aromatic N) is 9. The first kappa shape index (κ1) is 70.8. The third-order valence-corrected chi connectivity index (χ3v) is 26.0. The maximum Gasteiger partial charge on any atom is 0.238 e. The van der Waals surface area contributed by atoms with E-state index in [1.807, 2.05) is 48.5 Å². The summed E-state index contributed by atoms with van der Waals surface area (Å²) in [4.78, 5) is 25.8. The third kappa shape index (κ3) is 11.0. The molecule has 0 spiro atoms. The van der Waals surface area contributed by atoms with Crippen LogP contribution in [0.15, 0.2) is 431 Å². The number of hydrogen-bond acceptors (Lipinski definition) is 5. The molecule has 0 N–H and O–H groups in total. The molecule has 0 aliphatic rings. The van der Waals surface area contributed by atoms with Gasteiger partial charge in [-0.05, 0) is 197 Å². The van der Waals surface area contributed by atoms with Crippen molar-refractivity contribution >= 4 is 130 Å². The highest BCUT2D eigenvalue weighted by Gasteiger charge is 2.29. The van der Waals surface area contributed by atoms with Gasteiger partial charge in [0.15, 0.2) is 17.5 Å². The van der Waals surface area contributed by atoms with Crippen LogP contribution in [0.2, 0.25) is 0 Å². The van der Waals surface area contributed by atoms with Crippen molar-refractivity contribution in [2.24, 2.45) is 0 Å². The number of rotatable bonds is 13. The minimum Gasteiger partial charge on any atom is -0.309 e. The first-order valence-electron chi connectivity index (χ1n) is 42.9. The van der Waals surface area contributed by atoms with Crippen LogP contribution in [0.5, 0.6) is 0 Å². The van der Waals surface area contributed by atoms with E-state index in [9.17, 15) is 0 Å². The van der Waals surface area contributed by atoms with Crippen LogP contribution in [0.25, 0.3) is 255 Å². The molecule has 0 amide bonds. The fourth-order valence-corrected chi connectivity index (χ4v) is 20.5. The topological polar surface area (TPSA) is 84.2 Å². The molecule has 0 aliphatic heterocycles. The van der Waals surface area contributed by atoms with Crippen molar-refractivity contribution in [3.63, 3.8) is 0 Å². The van der Waals surface area contributed by atoms with E-state index in [-0.39, 0.29) is 0 Å². The first-order chi connectivity index (χ1) is 62.5. The summed E-state index contributed by atoms with van der Waals surface area (Å²) in [5.41, 5.74) is 29.2. The Kier molecular flexibility index (Phi) is 15.9. The molecule has 0 unspecified atom stereocenters. The van der Waals surface area contributed by atoms with Gasteiger partial charge in [0.25, 0.3) is 0 Å². The number of benzene rings is 21. The summed E-state index contributed by atoms with van der Waals surface area (Å²) in [6, 6.07) is 155. The van der Waals surface area contributed by atoms with Crippen LogP contribution in [-0.2, 0) is 0 Å². The predicted molar refractivity (Wildman–Crippen MR) is 523 cm³/mol. The molecule has 0 saturated heterocycles. The molecule has 0 aliphatic carbocycles. The zero-order valence-corrected chi connectivity index (χ0v) is 68.0. The summed E-state index contributed by atoms with van der Waals surface area (Å²) in [5.74, 6) is 2.54. The van der Waals surface area contributed by atoms with Crippen LogP contribution in [0, 0.1) is 0 Å². The molecule has 0 radical (unpaired) electrons. The molecule has 0 bridgehead atoms. The zero-order valence-electron chi connectivity index (χ0n) is 68.0. The lowest BCUT2D eigenvalue weighted by molar-refractivity contribution is 0.954. The van der Waals surface area contributed by atoms with E-state index in [0.717, 1.165) is 61.6 Å². The Morgan fingerprint density at radius 1 is 0.151 bits per heavy atom. The third-order valence-electron chi connectivity index (χ3n) is 26.0. The average Bonchev–Trinajstić information content (AvgIpc) is 1.54. The van der Waals surface area contributed by atoms with Crippen LogP contribution in [-0.4, -0.2) is 43.2 Å². The first-order valence-corrected chi connectivity index (χ1v) is 42.9. The number of para-hydroxylation sites is 2. The van der Waals surface area contributed by atoms with E-state index in [1.54, 1.807) is 0 Å². The quantitative estimate of drug-likeness (QED) is 0.107. The molecule has 9 nitrogen and oxygen atoms in total. The summed E-state index contributed by atoms with van der Waals surface area (Å²) in [6.45, 7) is 0. The highest BCUT2D eigenvalue weighted by Crippen LogP contribution is 2.52. The van der Waals surface area contributed by atoms with E-state index in [1.165, 1.54) is 169 Å². The fraction of sp³-hybridized carbons (Fsp3) is 0. The Hall–Kier alpha value is -17.0. The summed E-state index contributed by atoms with van der Waals surface area (Å²) < 4.78 is 9.54. The molecular formula is C117H71N9. The van der Waals surface area contributed by atoms with Gasteiger partial charge in [0.1, 0.15) is 0 Å². The fourth-order valence-electron chi connectivity index (χ4n) is 20.5. The second-order valence-corrected chi connectivity index (χ2v) is 32.9. The molecule has 27 aromatic rings. The molecule has 0 saturated carbocycles. The van der Waals surface area contributed by atoms with Gasteiger partial charge < -0.3 is 13.7 Å². The van der Waals surface area contributed by atoms with E-state index < -0.39 is 0 Å². The van der Waals surface area contributed by atoms with Gasteiger partial charge in [-0.25, -0.2) is 15.0 Å². The Morgan fingerprint density at radius 2 is 0.452 bits per heavy atom. The van der Waals surface area contributed by atoms with Gasteiger partial charge in [-0.2, -0.15) is 9.97 Å². The van der Waals surface area contributed by atoms with E-state index in [2.05, 4.69) is 400 Å². The van der Waals surface area contributed by atoms with Crippen LogP contribution in [0.1, 0.15) is 0 Å². The Labute approximate surface area is 723 Å². The molecule has 21 aromatic carbocycles. The van der Waals surface area contributed by atoms with E-state index in [4.69, 9.17) is 24.9 Å². The molecule has 0 fully saturated rings. The second-order valence-electron chi connectivity index (χ2n) is 32.9. The molecule has 27 rings (SSSR count). The van der Waals surface area contributed by atoms with Gasteiger partial charge in [-0.1, -0.05) is 322 Å². The number of aromatic nitrogens is 9. The zero-order chi connectivity index (χ0) is 82.6. The lowest BCUT2D eigenvalue weighted by Gasteiger charge is -2.14. The minimum atomic E-state index is 0.580. The normalized spacial score (nSPS) is 12.0. The minimum absolute atomic E-state index is 0.580. The van der Waals surface area contributed by atoms with Crippen molar-refractivity contribution in [1.82, 2.24) is 43.2 Å². The van der Waals surface area contributed by atoms with Crippen LogP contribution in [0.3, 0.4) is 0 Å². The van der Waals surface area contributed by atoms with Gasteiger partial charge in [0, 0.05) is 88.0 Å². The summed E-state index contributed by atoms with van der Waals surface area (Å²) in [6.07, 6.45) is 0. The van der Waals surface area contributed by atoms with Gasteiger partial charge in [-0.3, -0.25) is 4.57 Å². The Balaban J connectivity index is 0.000000135. The highest BCUT2D eigenvalue weighted by molar-refractivity contribution is 6.33. The van der Waals surface area contributed by atoms with Crippen LogP contribution in [0.4, 0.5) is 0 Å². The molecule has 9 heteroatoms. The molecule has 0 atom stereocenters. The average molecular weight is 1600 g/mol. The monoisotopic (exact) mass is 1600 g/mol. The van der Waals surface area contributed by atoms with E-state index in [0.29, 0.717) is 23.4 Å². The van der Waals surface area contributed by atoms with Gasteiger partial charge >= 0.3 is 0 Å². The van der Waals surface area contributed by atoms with Crippen molar-refractivity contribution < 1.29 is 0 Å². The van der Waals surface area contributed by atoms with Crippen molar-refractivity contribution in [2.75, 3.05) is 0 Å². The smallest absolute Gasteiger partial charge is 0.238 e. The molecular weight excluding hydrogens is 1530 g/mol. The highest BCUT2D eigenvalue weighted by atomic mass is 15.2. The van der Waals surface area contributed by atoms with Crippen molar-refractivity contribution in [3.05, 3.63) is 431 Å². The van der Waals surface area contributed by atoms with Gasteiger partial charge in [0.2, 0.25) is 5.95 Å². The predicted octanol–water partition coefficient (Wildman–Crippen LogP) is 30.1. The van der Waals surface area contributed by atoms with Crippen molar-refractivity contribution in [1.29, 1.82) is 0 Å². The Bertz CT molecular complexity index is 8780. The summed E-state index contributed by atoms with van der Waals surface area (Å²) in [7, 11) is 0. The second kappa shape index (κ2) is 28.3. The van der Waals surface area contributed by atoms with Gasteiger partial charge in [-0.15, -0.1) is 0 Å². The largest absolute Gasteiger partial charge is 0.309 e. The Morgan fingerprint density at radius 3 is 0.897 bits per heavy atom. The standard InChI is InChI=1S/C61H37N5.C56H34N4/c1-6-16-38(17-7-1)43-30-34-51-55-47(43)26-28-49-45(32-36-52(57(49)55)65(51)42-24-14-5-15-25-42)46-33-37-54-58-50(46)29-27-48-44(39-18-8-2-9-19-39)31-35-53(56(48)58)66(54)61-63-59(40-20-10-3-11-21-40)62-60(64-61)41-22-12-4-13-23-41;1-4-12-35(13-5-1)46-34-47(36-14-6-2-7-15-36)58-56(57-46)39-24-27-43(28-25-39)59-49-21-11-17-38-26-29-45-44(30-31-50(59)55(45)53(38)49)41-32-40-23-22-37-16-10-20-48-52(37)54(40)51(33-41)60(48)42-18-8-3-9-19-42/h1-37H;1-34H. The molecule has 6 heterocycles. The molecule has 584 valence electrons. The lowest BCUT2D eigenvalue weighted by Crippen LogP contribution is -2.06. The SMILES string of the molecule is c1ccc(-c2cc(-c3ccccc3)nc(-c3ccc(-n4c5cccc6ccc7c(-c8cc9ccc%10cccc%11c%10c9c(c8)n%11-c8ccccc8)ccc4c7c65)cc3)n2)cc1.c1ccc(-c2nc(-c3ccccc3)nc(-n3c4ccc(-c5ccccc5)c5ccc6c(-c7ccc8c9c7ccc7c(-c%10ccccc%10)ccc(c79)n8-c7ccccc7)ccc3c6c54)n2)cc1. The maximum absolute atomic E-state index is 5.27. The molecule has 126 heavy (non-hydrogen) atoms. The summed E-state index contributed by atoms with van der Waals surface area (Å²) >= 11 is 0. The van der Waals surface area contributed by atoms with Crippen molar-refractivity contribution in [3.8, 4) is 124 Å². The van der Waals surface area contributed by atoms with Crippen molar-refractivity contribution in [2.45, 2.75) is 0 Å².